The molecular formula is C26H19F4N13. The number of nitrogens with one attached hydrogen (secondary N) is 3. The van der Waals surface area contributed by atoms with Crippen molar-refractivity contribution in [1.29, 1.82) is 10.5 Å². The molecule has 3 heterocycles. The van der Waals surface area contributed by atoms with Crippen LogP contribution in [0.25, 0.3) is 44.4 Å². The molecule has 43 heavy (non-hydrogen) atoms. The third kappa shape index (κ3) is 4.28. The third-order valence-corrected chi connectivity index (χ3v) is 6.57. The van der Waals surface area contributed by atoms with Crippen molar-refractivity contribution in [1.82, 2.24) is 25.7 Å². The number of anilines is 4. The van der Waals surface area contributed by atoms with Gasteiger partial charge in [0, 0.05) is 23.2 Å². The molecule has 0 fully saturated rings. The monoisotopic (exact) mass is 589 g/mol. The SMILES string of the molecule is CNC(N)=c1c(F)c(F)c(=C(N)NNc2cc3c4cc(C#N)c(N)nc4c4nc(N)c(C#N)cc4c3nc2N)c(F)c1F. The molecule has 2 aromatic carbocycles. The number of halogens is 4. The summed E-state index contributed by atoms with van der Waals surface area (Å²) in [6.45, 7) is 0. The highest BCUT2D eigenvalue weighted by Gasteiger charge is 2.22. The predicted octanol–water partition coefficient (Wildman–Crippen LogP) is 0.262. The van der Waals surface area contributed by atoms with Gasteiger partial charge in [0.1, 0.15) is 46.8 Å². The van der Waals surface area contributed by atoms with Crippen molar-refractivity contribution in [2.75, 3.05) is 29.7 Å². The minimum Gasteiger partial charge on any atom is -0.385 e. The van der Waals surface area contributed by atoms with Crippen LogP contribution in [0.1, 0.15) is 11.1 Å². The maximum atomic E-state index is 14.8. The van der Waals surface area contributed by atoms with Gasteiger partial charge in [0.25, 0.3) is 0 Å². The van der Waals surface area contributed by atoms with Crippen LogP contribution in [-0.4, -0.2) is 22.0 Å². The molecule has 13 N–H and O–H groups in total. The number of nitrogens with two attached hydrogens (primary N) is 5. The van der Waals surface area contributed by atoms with E-state index in [1.807, 2.05) is 12.1 Å². The van der Waals surface area contributed by atoms with E-state index in [-0.39, 0.29) is 50.8 Å². The van der Waals surface area contributed by atoms with Gasteiger partial charge in [0.15, 0.2) is 23.3 Å². The second kappa shape index (κ2) is 10.2. The van der Waals surface area contributed by atoms with Gasteiger partial charge in [0.05, 0.1) is 38.3 Å². The first-order chi connectivity index (χ1) is 20.4. The third-order valence-electron chi connectivity index (χ3n) is 6.57. The molecule has 0 aliphatic carbocycles. The highest BCUT2D eigenvalue weighted by molar-refractivity contribution is 6.23. The predicted molar refractivity (Wildman–Crippen MR) is 152 cm³/mol. The summed E-state index contributed by atoms with van der Waals surface area (Å²) in [5.74, 6) is -9.02. The fourth-order valence-corrected chi connectivity index (χ4v) is 4.45. The molecule has 5 aromatic rings. The number of rotatable bonds is 4. The molecule has 0 saturated carbocycles. The lowest BCUT2D eigenvalue weighted by molar-refractivity contribution is 0.432. The Hall–Kier alpha value is -6.49. The van der Waals surface area contributed by atoms with E-state index in [9.17, 15) is 28.1 Å². The van der Waals surface area contributed by atoms with Gasteiger partial charge >= 0.3 is 0 Å². The molecule has 0 atom stereocenters. The van der Waals surface area contributed by atoms with E-state index in [1.54, 1.807) is 0 Å². The van der Waals surface area contributed by atoms with Crippen LogP contribution in [-0.2, 0) is 0 Å². The zero-order valence-corrected chi connectivity index (χ0v) is 21.9. The molecule has 216 valence electrons. The van der Waals surface area contributed by atoms with Gasteiger partial charge in [-0.25, -0.2) is 32.5 Å². The Morgan fingerprint density at radius 2 is 1.12 bits per heavy atom. The van der Waals surface area contributed by atoms with Crippen LogP contribution in [0.4, 0.5) is 40.7 Å². The number of nitrogen functional groups attached to an aromatic ring is 3. The molecule has 0 radical (unpaired) electrons. The minimum atomic E-state index is -1.81. The Labute approximate surface area is 237 Å². The fraction of sp³-hybridized carbons (Fsp3) is 0.0385. The van der Waals surface area contributed by atoms with E-state index in [0.29, 0.717) is 16.2 Å². The summed E-state index contributed by atoms with van der Waals surface area (Å²) >= 11 is 0. The Kier molecular flexibility index (Phi) is 6.63. The van der Waals surface area contributed by atoms with Crippen LogP contribution in [0.5, 0.6) is 0 Å². The largest absolute Gasteiger partial charge is 0.385 e. The zero-order valence-electron chi connectivity index (χ0n) is 21.9. The van der Waals surface area contributed by atoms with Crippen LogP contribution >= 0.6 is 0 Å². The molecular weight excluding hydrogens is 570 g/mol. The van der Waals surface area contributed by atoms with Crippen molar-refractivity contribution in [2.45, 2.75) is 0 Å². The summed E-state index contributed by atoms with van der Waals surface area (Å²) in [5, 5.41) is 19.9. The normalized spacial score (nSPS) is 10.9. The number of nitrogens with zero attached hydrogens (tertiary/aromatic N) is 5. The van der Waals surface area contributed by atoms with Gasteiger partial charge in [-0.15, -0.1) is 0 Å². The van der Waals surface area contributed by atoms with Crippen molar-refractivity contribution in [3.05, 3.63) is 63.0 Å². The molecule has 0 aliphatic heterocycles. The fourth-order valence-electron chi connectivity index (χ4n) is 4.45. The summed E-state index contributed by atoms with van der Waals surface area (Å²) in [6.07, 6.45) is 0. The van der Waals surface area contributed by atoms with Crippen LogP contribution < -0.4 is 55.3 Å². The molecule has 0 unspecified atom stereocenters. The summed E-state index contributed by atoms with van der Waals surface area (Å²) in [6, 6.07) is 8.18. The number of benzene rings is 2. The number of fused-ring (bicyclic) bond motifs is 6. The second-order valence-corrected chi connectivity index (χ2v) is 9.01. The van der Waals surface area contributed by atoms with E-state index in [2.05, 4.69) is 31.1 Å². The molecule has 3 aromatic heterocycles. The standard InChI is InChI=1S/C26H19F4N13/c1-38-25(36)13-15(27)17(29)14(18(30)16(13)28)26(37)43-42-12-4-10-9-2-7(5-31)22(33)40-20(9)21-11(19(10)39-24(12)35)3-8(6-32)23(34)41-21/h2-4,38,42-43H,36-37H2,1H3,(H2,33,40)(H2,34,41)(H2,35,39). The molecule has 0 bridgehead atoms. The summed E-state index contributed by atoms with van der Waals surface area (Å²) in [7, 11) is 1.21. The number of hydrogen-bond acceptors (Lipinski definition) is 13. The highest BCUT2D eigenvalue weighted by atomic mass is 19.2. The maximum absolute atomic E-state index is 14.8. The molecule has 0 amide bonds. The van der Waals surface area contributed by atoms with Crippen LogP contribution in [0.3, 0.4) is 0 Å². The van der Waals surface area contributed by atoms with Crippen molar-refractivity contribution < 1.29 is 17.6 Å². The lowest BCUT2D eigenvalue weighted by Crippen LogP contribution is -2.40. The van der Waals surface area contributed by atoms with E-state index < -0.39 is 45.3 Å². The Morgan fingerprint density at radius 3 is 1.63 bits per heavy atom. The second-order valence-electron chi connectivity index (χ2n) is 9.01. The van der Waals surface area contributed by atoms with Crippen molar-refractivity contribution in [2.24, 2.45) is 11.5 Å². The summed E-state index contributed by atoms with van der Waals surface area (Å²) in [4.78, 5) is 13.0. The Bertz CT molecular complexity index is 2220. The van der Waals surface area contributed by atoms with Gasteiger partial charge in [-0.2, -0.15) is 10.5 Å². The first-order valence-electron chi connectivity index (χ1n) is 12.0. The van der Waals surface area contributed by atoms with E-state index in [4.69, 9.17) is 28.7 Å². The number of nitriles is 2. The summed E-state index contributed by atoms with van der Waals surface area (Å²) in [5.41, 5.74) is 34.8. The van der Waals surface area contributed by atoms with Gasteiger partial charge in [-0.3, -0.25) is 10.9 Å². The highest BCUT2D eigenvalue weighted by Crippen LogP contribution is 2.37. The number of hydrazine groups is 1. The topological polar surface area (TPSA) is 252 Å². The number of aromatic nitrogens is 3. The summed E-state index contributed by atoms with van der Waals surface area (Å²) < 4.78 is 58.8. The van der Waals surface area contributed by atoms with Gasteiger partial charge < -0.3 is 34.0 Å². The van der Waals surface area contributed by atoms with Gasteiger partial charge in [-0.05, 0) is 18.2 Å². The Morgan fingerprint density at radius 1 is 0.674 bits per heavy atom. The minimum absolute atomic E-state index is 0.0125. The first kappa shape index (κ1) is 28.1. The van der Waals surface area contributed by atoms with Crippen molar-refractivity contribution in [3.63, 3.8) is 0 Å². The van der Waals surface area contributed by atoms with Crippen molar-refractivity contribution in [3.8, 4) is 12.1 Å². The zero-order chi connectivity index (χ0) is 31.3. The lowest BCUT2D eigenvalue weighted by Gasteiger charge is -2.16. The van der Waals surface area contributed by atoms with E-state index >= 15 is 0 Å². The molecule has 0 spiro atoms. The molecule has 0 saturated heterocycles. The Balaban J connectivity index is 1.74. The van der Waals surface area contributed by atoms with Gasteiger partial charge in [-0.1, -0.05) is 0 Å². The lowest BCUT2D eigenvalue weighted by atomic mass is 10.0. The maximum Gasteiger partial charge on any atom is 0.173 e. The first-order valence-corrected chi connectivity index (χ1v) is 12.0. The van der Waals surface area contributed by atoms with Crippen LogP contribution in [0, 0.1) is 45.9 Å². The number of pyridine rings is 3. The van der Waals surface area contributed by atoms with Crippen molar-refractivity contribution >= 4 is 67.5 Å². The molecule has 5 rings (SSSR count). The molecule has 13 nitrogen and oxygen atoms in total. The molecule has 17 heteroatoms. The van der Waals surface area contributed by atoms with Crippen LogP contribution in [0.15, 0.2) is 18.2 Å². The van der Waals surface area contributed by atoms with E-state index in [1.165, 1.54) is 25.2 Å². The average Bonchev–Trinajstić information content (AvgIpc) is 2.98. The molecule has 0 aliphatic rings. The quantitative estimate of drug-likeness (QED) is 0.0607. The van der Waals surface area contributed by atoms with Crippen LogP contribution in [0.2, 0.25) is 0 Å². The van der Waals surface area contributed by atoms with E-state index in [0.717, 1.165) is 0 Å². The average molecular weight is 590 g/mol. The smallest absolute Gasteiger partial charge is 0.173 e. The number of hydrogen-bond donors (Lipinski definition) is 8. The van der Waals surface area contributed by atoms with Gasteiger partial charge in [0.2, 0.25) is 0 Å².